The number of hydrogen-bond acceptors (Lipinski definition) is 3. The van der Waals surface area contributed by atoms with Crippen molar-refractivity contribution in [1.82, 2.24) is 0 Å². The minimum atomic E-state index is -1.16. The van der Waals surface area contributed by atoms with Crippen LogP contribution in [0.3, 0.4) is 0 Å². The third-order valence-electron chi connectivity index (χ3n) is 4.16. The molecule has 3 nitrogen and oxygen atoms in total. The Bertz CT molecular complexity index is 847. The number of hydrogen-bond donors (Lipinski definition) is 0. The summed E-state index contributed by atoms with van der Waals surface area (Å²) in [7, 11) is 0. The summed E-state index contributed by atoms with van der Waals surface area (Å²) < 4.78 is 5.58. The van der Waals surface area contributed by atoms with Gasteiger partial charge in [0.25, 0.3) is 0 Å². The number of carbonyl (C=O) groups is 1. The summed E-state index contributed by atoms with van der Waals surface area (Å²) in [5.74, 6) is -0.0212. The van der Waals surface area contributed by atoms with Crippen molar-refractivity contribution in [2.45, 2.75) is 5.54 Å². The van der Waals surface area contributed by atoms with Crippen LogP contribution in [0.25, 0.3) is 0 Å². The molecule has 0 aliphatic carbocycles. The Balaban J connectivity index is 1.94. The molecule has 0 fully saturated rings. The first-order chi connectivity index (χ1) is 11.8. The first-order valence-corrected chi connectivity index (χ1v) is 7.79. The van der Waals surface area contributed by atoms with Crippen molar-refractivity contribution >= 4 is 11.9 Å². The molecule has 0 aromatic heterocycles. The molecule has 116 valence electrons. The fourth-order valence-electron chi connectivity index (χ4n) is 2.98. The zero-order valence-electron chi connectivity index (χ0n) is 12.9. The normalized spacial score (nSPS) is 15.7. The number of nitrogens with zero attached hydrogens (tertiary/aromatic N) is 1. The maximum absolute atomic E-state index is 12.9. The van der Waals surface area contributed by atoms with Crippen molar-refractivity contribution in [3.63, 3.8) is 0 Å². The fourth-order valence-corrected chi connectivity index (χ4v) is 2.98. The first kappa shape index (κ1) is 14.4. The summed E-state index contributed by atoms with van der Waals surface area (Å²) >= 11 is 0. The molecule has 0 radical (unpaired) electrons. The summed E-state index contributed by atoms with van der Waals surface area (Å²) in [5, 5.41) is 0. The van der Waals surface area contributed by atoms with Gasteiger partial charge in [0, 0.05) is 5.56 Å². The Kier molecular flexibility index (Phi) is 3.47. The third-order valence-corrected chi connectivity index (χ3v) is 4.16. The molecule has 1 heterocycles. The molecule has 1 aliphatic rings. The Labute approximate surface area is 140 Å². The second kappa shape index (κ2) is 5.78. The highest BCUT2D eigenvalue weighted by Gasteiger charge is 2.49. The van der Waals surface area contributed by atoms with E-state index in [1.54, 1.807) is 0 Å². The van der Waals surface area contributed by atoms with E-state index in [2.05, 4.69) is 0 Å². The molecule has 0 unspecified atom stereocenters. The number of benzene rings is 3. The van der Waals surface area contributed by atoms with Crippen LogP contribution in [-0.4, -0.2) is 11.9 Å². The van der Waals surface area contributed by atoms with Crippen molar-refractivity contribution in [2.75, 3.05) is 0 Å². The molecule has 1 aliphatic heterocycles. The summed E-state index contributed by atoms with van der Waals surface area (Å²) in [6.07, 6.45) is 0. The largest absolute Gasteiger partial charge is 0.405 e. The topological polar surface area (TPSA) is 38.7 Å². The van der Waals surface area contributed by atoms with Crippen LogP contribution < -0.4 is 0 Å². The highest BCUT2D eigenvalue weighted by Crippen LogP contribution is 2.39. The average molecular weight is 313 g/mol. The molecular weight excluding hydrogens is 298 g/mol. The van der Waals surface area contributed by atoms with E-state index < -0.39 is 5.54 Å². The molecule has 0 bridgehead atoms. The zero-order chi connectivity index (χ0) is 16.4. The molecule has 24 heavy (non-hydrogen) atoms. The van der Waals surface area contributed by atoms with Crippen LogP contribution >= 0.6 is 0 Å². The SMILES string of the molecule is O=C1OC(c2ccccc2)=NC1(c1ccccc1)c1ccccc1. The summed E-state index contributed by atoms with van der Waals surface area (Å²) in [6, 6.07) is 28.6. The standard InChI is InChI=1S/C21H15NO2/c23-20-21(17-12-6-2-7-13-17,18-14-8-3-9-15-18)22-19(24-20)16-10-4-1-5-11-16/h1-15H. The Hall–Kier alpha value is -3.20. The number of carbonyl (C=O) groups excluding carboxylic acids is 1. The lowest BCUT2D eigenvalue weighted by atomic mass is 9.84. The minimum Gasteiger partial charge on any atom is -0.405 e. The van der Waals surface area contributed by atoms with Gasteiger partial charge in [-0.15, -0.1) is 0 Å². The molecule has 0 saturated heterocycles. The van der Waals surface area contributed by atoms with Gasteiger partial charge in [0.05, 0.1) is 0 Å². The molecule has 0 saturated carbocycles. The predicted octanol–water partition coefficient (Wildman–Crippen LogP) is 3.93. The van der Waals surface area contributed by atoms with Crippen molar-refractivity contribution < 1.29 is 9.53 Å². The maximum Gasteiger partial charge on any atom is 0.350 e. The second-order valence-corrected chi connectivity index (χ2v) is 5.61. The van der Waals surface area contributed by atoms with E-state index in [9.17, 15) is 4.79 Å². The van der Waals surface area contributed by atoms with Gasteiger partial charge in [-0.05, 0) is 23.3 Å². The number of ether oxygens (including phenoxy) is 1. The fraction of sp³-hybridized carbons (Fsp3) is 0.0476. The van der Waals surface area contributed by atoms with Gasteiger partial charge in [-0.25, -0.2) is 9.79 Å². The molecule has 0 N–H and O–H groups in total. The van der Waals surface area contributed by atoms with Gasteiger partial charge in [0.15, 0.2) is 0 Å². The van der Waals surface area contributed by atoms with E-state index in [0.717, 1.165) is 16.7 Å². The summed E-state index contributed by atoms with van der Waals surface area (Å²) in [5.41, 5.74) is 1.23. The third kappa shape index (κ3) is 2.22. The smallest absolute Gasteiger partial charge is 0.350 e. The van der Waals surface area contributed by atoms with Gasteiger partial charge in [-0.3, -0.25) is 0 Å². The van der Waals surface area contributed by atoms with Crippen LogP contribution in [0.5, 0.6) is 0 Å². The summed E-state index contributed by atoms with van der Waals surface area (Å²) in [4.78, 5) is 17.7. The molecule has 0 amide bonds. The molecule has 0 atom stereocenters. The average Bonchev–Trinajstić information content (AvgIpc) is 3.02. The van der Waals surface area contributed by atoms with Gasteiger partial charge < -0.3 is 4.74 Å². The number of rotatable bonds is 3. The van der Waals surface area contributed by atoms with E-state index in [-0.39, 0.29) is 5.97 Å². The van der Waals surface area contributed by atoms with Gasteiger partial charge in [0.2, 0.25) is 11.4 Å². The number of cyclic esters (lactones) is 1. The lowest BCUT2D eigenvalue weighted by Gasteiger charge is -2.23. The second-order valence-electron chi connectivity index (χ2n) is 5.61. The molecule has 3 aromatic carbocycles. The van der Waals surface area contributed by atoms with Gasteiger partial charge in [-0.1, -0.05) is 78.9 Å². The van der Waals surface area contributed by atoms with Crippen LogP contribution in [0, 0.1) is 0 Å². The van der Waals surface area contributed by atoms with Crippen LogP contribution in [0.1, 0.15) is 16.7 Å². The van der Waals surface area contributed by atoms with Gasteiger partial charge in [-0.2, -0.15) is 0 Å². The Morgan fingerprint density at radius 1 is 0.667 bits per heavy atom. The highest BCUT2D eigenvalue weighted by molar-refractivity contribution is 6.09. The van der Waals surface area contributed by atoms with E-state index >= 15 is 0 Å². The van der Waals surface area contributed by atoms with Crippen LogP contribution in [0.2, 0.25) is 0 Å². The van der Waals surface area contributed by atoms with Crippen LogP contribution in [0.15, 0.2) is 96.0 Å². The van der Waals surface area contributed by atoms with Crippen LogP contribution in [-0.2, 0) is 15.1 Å². The Morgan fingerprint density at radius 3 is 1.62 bits per heavy atom. The molecule has 0 spiro atoms. The lowest BCUT2D eigenvalue weighted by Crippen LogP contribution is -2.32. The maximum atomic E-state index is 12.9. The van der Waals surface area contributed by atoms with Gasteiger partial charge >= 0.3 is 5.97 Å². The first-order valence-electron chi connectivity index (χ1n) is 7.79. The molecule has 3 heteroatoms. The highest BCUT2D eigenvalue weighted by atomic mass is 16.6. The van der Waals surface area contributed by atoms with Crippen LogP contribution in [0.4, 0.5) is 0 Å². The lowest BCUT2D eigenvalue weighted by molar-refractivity contribution is -0.137. The number of esters is 1. The Morgan fingerprint density at radius 2 is 1.12 bits per heavy atom. The quantitative estimate of drug-likeness (QED) is 0.687. The van der Waals surface area contributed by atoms with Crippen molar-refractivity contribution in [3.8, 4) is 0 Å². The number of aliphatic imine (C=N–C) groups is 1. The monoisotopic (exact) mass is 313 g/mol. The van der Waals surface area contributed by atoms with Crippen molar-refractivity contribution in [2.24, 2.45) is 4.99 Å². The van der Waals surface area contributed by atoms with E-state index in [0.29, 0.717) is 5.90 Å². The van der Waals surface area contributed by atoms with Crippen molar-refractivity contribution in [1.29, 1.82) is 0 Å². The van der Waals surface area contributed by atoms with E-state index in [1.165, 1.54) is 0 Å². The minimum absolute atomic E-state index is 0.355. The molecule has 3 aromatic rings. The molecular formula is C21H15NO2. The zero-order valence-corrected chi connectivity index (χ0v) is 12.9. The predicted molar refractivity (Wildman–Crippen MR) is 92.7 cm³/mol. The van der Waals surface area contributed by atoms with Gasteiger partial charge in [0.1, 0.15) is 0 Å². The molecule has 4 rings (SSSR count). The van der Waals surface area contributed by atoms with E-state index in [1.807, 2.05) is 91.0 Å². The summed E-state index contributed by atoms with van der Waals surface area (Å²) in [6.45, 7) is 0. The van der Waals surface area contributed by atoms with Crippen molar-refractivity contribution in [3.05, 3.63) is 108 Å². The van der Waals surface area contributed by atoms with E-state index in [4.69, 9.17) is 9.73 Å².